The van der Waals surface area contributed by atoms with Crippen LogP contribution in [-0.4, -0.2) is 44.6 Å². The normalized spacial score (nSPS) is 16.1. The summed E-state index contributed by atoms with van der Waals surface area (Å²) in [6, 6.07) is 15.6. The summed E-state index contributed by atoms with van der Waals surface area (Å²) in [5, 5.41) is 4.12. The summed E-state index contributed by atoms with van der Waals surface area (Å²) in [5.41, 5.74) is 3.46. The molecule has 3 aromatic heterocycles. The first-order valence-electron chi connectivity index (χ1n) is 12.7. The zero-order chi connectivity index (χ0) is 26.0. The van der Waals surface area contributed by atoms with Crippen molar-refractivity contribution in [1.82, 2.24) is 19.9 Å². The van der Waals surface area contributed by atoms with Crippen LogP contribution in [0.5, 0.6) is 0 Å². The standard InChI is InChI=1S/C29H32FN5O2/c1-29(2,3)37-28(36)35-13-7-10-20(18-35)25-14-23-21(11-12-31-27(23)34-25)22-15-26(33-17-24(22)30)32-16-19-8-5-4-6-9-19/h4-6,8-9,11-12,14-15,17,20H,7,10,13,16,18H2,1-3H3,(H,31,34)(H,32,33). The Labute approximate surface area is 216 Å². The molecule has 1 aromatic carbocycles. The van der Waals surface area contributed by atoms with Crippen LogP contribution in [0.1, 0.15) is 50.8 Å². The predicted molar refractivity (Wildman–Crippen MR) is 143 cm³/mol. The maximum Gasteiger partial charge on any atom is 0.410 e. The fraction of sp³-hybridized carbons (Fsp3) is 0.345. The van der Waals surface area contributed by atoms with Crippen molar-refractivity contribution < 1.29 is 13.9 Å². The van der Waals surface area contributed by atoms with Crippen molar-refractivity contribution in [1.29, 1.82) is 0 Å². The first-order chi connectivity index (χ1) is 17.8. The van der Waals surface area contributed by atoms with Gasteiger partial charge >= 0.3 is 6.09 Å². The topological polar surface area (TPSA) is 83.1 Å². The predicted octanol–water partition coefficient (Wildman–Crippen LogP) is 6.49. The number of ether oxygens (including phenoxy) is 1. The lowest BCUT2D eigenvalue weighted by atomic mass is 9.94. The summed E-state index contributed by atoms with van der Waals surface area (Å²) in [7, 11) is 0. The Balaban J connectivity index is 1.40. The van der Waals surface area contributed by atoms with Crippen LogP contribution in [-0.2, 0) is 11.3 Å². The zero-order valence-electron chi connectivity index (χ0n) is 21.4. The number of aromatic nitrogens is 3. The number of amides is 1. The Bertz CT molecular complexity index is 1400. The number of hydrogen-bond acceptors (Lipinski definition) is 5. The largest absolute Gasteiger partial charge is 0.444 e. The molecule has 0 saturated carbocycles. The minimum atomic E-state index is -0.534. The van der Waals surface area contributed by atoms with Crippen molar-refractivity contribution in [2.24, 2.45) is 0 Å². The van der Waals surface area contributed by atoms with Gasteiger partial charge in [-0.15, -0.1) is 0 Å². The van der Waals surface area contributed by atoms with Crippen molar-refractivity contribution in [3.05, 3.63) is 78.0 Å². The average molecular weight is 502 g/mol. The third-order valence-electron chi connectivity index (χ3n) is 6.53. The van der Waals surface area contributed by atoms with Crippen LogP contribution in [0.15, 0.2) is 60.9 Å². The monoisotopic (exact) mass is 501 g/mol. The second-order valence-corrected chi connectivity index (χ2v) is 10.5. The number of pyridine rings is 2. The number of rotatable bonds is 5. The lowest BCUT2D eigenvalue weighted by molar-refractivity contribution is 0.0197. The number of H-pyrrole nitrogens is 1. The number of carbonyl (C=O) groups excluding carboxylic acids is 1. The highest BCUT2D eigenvalue weighted by atomic mass is 19.1. The molecule has 1 aliphatic rings. The molecular formula is C29H32FN5O2. The number of carbonyl (C=O) groups is 1. The van der Waals surface area contributed by atoms with Crippen molar-refractivity contribution >= 4 is 22.9 Å². The van der Waals surface area contributed by atoms with E-state index >= 15 is 4.39 Å². The fourth-order valence-electron chi connectivity index (χ4n) is 4.76. The molecule has 0 bridgehead atoms. The van der Waals surface area contributed by atoms with Crippen LogP contribution in [0.3, 0.4) is 0 Å². The van der Waals surface area contributed by atoms with E-state index in [4.69, 9.17) is 4.74 Å². The van der Waals surface area contributed by atoms with Crippen molar-refractivity contribution in [2.75, 3.05) is 18.4 Å². The Kier molecular flexibility index (Phi) is 6.82. The molecule has 1 atom stereocenters. The Morgan fingerprint density at radius 3 is 2.76 bits per heavy atom. The SMILES string of the molecule is CC(C)(C)OC(=O)N1CCCC(c2cc3c(-c4cc(NCc5ccccc5)ncc4F)ccnc3[nH]2)C1. The van der Waals surface area contributed by atoms with Crippen LogP contribution in [0, 0.1) is 5.82 Å². The Morgan fingerprint density at radius 1 is 1.16 bits per heavy atom. The molecule has 4 heterocycles. The number of nitrogens with zero attached hydrogens (tertiary/aromatic N) is 3. The second-order valence-electron chi connectivity index (χ2n) is 10.5. The molecule has 37 heavy (non-hydrogen) atoms. The highest BCUT2D eigenvalue weighted by Gasteiger charge is 2.29. The molecule has 1 unspecified atom stereocenters. The quantitative estimate of drug-likeness (QED) is 0.327. The van der Waals surface area contributed by atoms with E-state index in [1.807, 2.05) is 63.2 Å². The molecule has 0 radical (unpaired) electrons. The van der Waals surface area contributed by atoms with Gasteiger partial charge in [0.05, 0.1) is 6.20 Å². The van der Waals surface area contributed by atoms with Gasteiger partial charge in [0.25, 0.3) is 0 Å². The highest BCUT2D eigenvalue weighted by molar-refractivity contribution is 5.94. The minimum absolute atomic E-state index is 0.119. The molecular weight excluding hydrogens is 469 g/mol. The number of benzene rings is 1. The summed E-state index contributed by atoms with van der Waals surface area (Å²) in [5.74, 6) is 0.323. The van der Waals surface area contributed by atoms with E-state index in [-0.39, 0.29) is 12.0 Å². The number of anilines is 1. The highest BCUT2D eigenvalue weighted by Crippen LogP contribution is 2.35. The van der Waals surface area contributed by atoms with Gasteiger partial charge in [0, 0.05) is 48.4 Å². The molecule has 0 spiro atoms. The number of aromatic amines is 1. The number of piperidine rings is 1. The van der Waals surface area contributed by atoms with E-state index in [1.165, 1.54) is 6.20 Å². The maximum absolute atomic E-state index is 15.0. The minimum Gasteiger partial charge on any atom is -0.444 e. The van der Waals surface area contributed by atoms with E-state index in [9.17, 15) is 4.79 Å². The summed E-state index contributed by atoms with van der Waals surface area (Å²) in [6.45, 7) is 7.45. The molecule has 0 aliphatic carbocycles. The molecule has 7 nitrogen and oxygen atoms in total. The van der Waals surface area contributed by atoms with Crippen molar-refractivity contribution in [3.8, 4) is 11.1 Å². The van der Waals surface area contributed by atoms with Gasteiger partial charge in [-0.25, -0.2) is 19.2 Å². The smallest absolute Gasteiger partial charge is 0.410 e. The van der Waals surface area contributed by atoms with E-state index in [0.29, 0.717) is 36.7 Å². The number of halogens is 1. The van der Waals surface area contributed by atoms with Gasteiger partial charge < -0.3 is 19.9 Å². The number of hydrogen-bond donors (Lipinski definition) is 2. The summed E-state index contributed by atoms with van der Waals surface area (Å²) < 4.78 is 20.6. The average Bonchev–Trinajstić information content (AvgIpc) is 3.33. The molecule has 2 N–H and O–H groups in total. The van der Waals surface area contributed by atoms with Crippen LogP contribution in [0.2, 0.25) is 0 Å². The first kappa shape index (κ1) is 24.7. The third-order valence-corrected chi connectivity index (χ3v) is 6.53. The van der Waals surface area contributed by atoms with Gasteiger partial charge in [0.1, 0.15) is 22.9 Å². The maximum atomic E-state index is 15.0. The van der Waals surface area contributed by atoms with Crippen LogP contribution in [0.4, 0.5) is 15.0 Å². The zero-order valence-corrected chi connectivity index (χ0v) is 21.4. The fourth-order valence-corrected chi connectivity index (χ4v) is 4.76. The van der Waals surface area contributed by atoms with Gasteiger partial charge in [-0.05, 0) is 62.9 Å². The van der Waals surface area contributed by atoms with Gasteiger partial charge in [-0.3, -0.25) is 0 Å². The molecule has 8 heteroatoms. The second kappa shape index (κ2) is 10.2. The Hall–Kier alpha value is -3.94. The number of nitrogens with one attached hydrogen (secondary N) is 2. The third kappa shape index (κ3) is 5.74. The van der Waals surface area contributed by atoms with Gasteiger partial charge in [0.15, 0.2) is 0 Å². The molecule has 1 aliphatic heterocycles. The summed E-state index contributed by atoms with van der Waals surface area (Å²) in [6.07, 6.45) is 4.47. The lowest BCUT2D eigenvalue weighted by Crippen LogP contribution is -2.42. The van der Waals surface area contributed by atoms with E-state index in [2.05, 4.69) is 20.3 Å². The van der Waals surface area contributed by atoms with Crippen LogP contribution < -0.4 is 5.32 Å². The van der Waals surface area contributed by atoms with E-state index in [0.717, 1.165) is 35.0 Å². The Morgan fingerprint density at radius 2 is 1.97 bits per heavy atom. The number of fused-ring (bicyclic) bond motifs is 1. The lowest BCUT2D eigenvalue weighted by Gasteiger charge is -2.33. The van der Waals surface area contributed by atoms with E-state index in [1.54, 1.807) is 17.2 Å². The van der Waals surface area contributed by atoms with Gasteiger partial charge in [0.2, 0.25) is 0 Å². The molecule has 4 aromatic rings. The molecule has 192 valence electrons. The van der Waals surface area contributed by atoms with Crippen molar-refractivity contribution in [2.45, 2.75) is 51.7 Å². The van der Waals surface area contributed by atoms with Crippen LogP contribution in [0.25, 0.3) is 22.2 Å². The first-order valence-corrected chi connectivity index (χ1v) is 12.7. The van der Waals surface area contributed by atoms with Crippen molar-refractivity contribution in [3.63, 3.8) is 0 Å². The summed E-state index contributed by atoms with van der Waals surface area (Å²) in [4.78, 5) is 26.6. The van der Waals surface area contributed by atoms with Crippen LogP contribution >= 0.6 is 0 Å². The van der Waals surface area contributed by atoms with Gasteiger partial charge in [-0.1, -0.05) is 30.3 Å². The van der Waals surface area contributed by atoms with E-state index < -0.39 is 11.4 Å². The van der Waals surface area contributed by atoms with Gasteiger partial charge in [-0.2, -0.15) is 0 Å². The number of likely N-dealkylation sites (tertiary alicyclic amines) is 1. The molecule has 5 rings (SSSR count). The summed E-state index contributed by atoms with van der Waals surface area (Å²) >= 11 is 0. The molecule has 1 amide bonds. The molecule has 1 fully saturated rings. The molecule has 1 saturated heterocycles.